The minimum absolute atomic E-state index is 0. The average molecular weight is 563 g/mol. The molecule has 1 saturated heterocycles. The third-order valence-corrected chi connectivity index (χ3v) is 8.28. The van der Waals surface area contributed by atoms with E-state index in [-0.39, 0.29) is 41.7 Å². The molecule has 0 radical (unpaired) electrons. The molecule has 2 aliphatic heterocycles. The van der Waals surface area contributed by atoms with E-state index in [2.05, 4.69) is 11.8 Å². The van der Waals surface area contributed by atoms with Crippen molar-refractivity contribution in [1.82, 2.24) is 4.90 Å². The molecule has 3 nitrogen and oxygen atoms in total. The number of hydrogen-bond acceptors (Lipinski definition) is 3. The Hall–Kier alpha value is -2.18. The van der Waals surface area contributed by atoms with Gasteiger partial charge in [-0.15, -0.1) is 12.4 Å². The summed E-state index contributed by atoms with van der Waals surface area (Å²) >= 11 is 6.18. The summed E-state index contributed by atoms with van der Waals surface area (Å²) in [5.74, 6) is 0.510. The molecule has 2 heterocycles. The number of ether oxygens (including phenoxy) is 2. The third kappa shape index (κ3) is 6.69. The van der Waals surface area contributed by atoms with Crippen molar-refractivity contribution < 1.29 is 18.3 Å². The van der Waals surface area contributed by atoms with E-state index in [1.807, 2.05) is 42.5 Å². The van der Waals surface area contributed by atoms with E-state index in [1.165, 1.54) is 24.3 Å². The summed E-state index contributed by atoms with van der Waals surface area (Å²) in [6.07, 6.45) is 4.89. The summed E-state index contributed by atoms with van der Waals surface area (Å²) in [7, 11) is 0. The van der Waals surface area contributed by atoms with Gasteiger partial charge in [0.2, 0.25) is 0 Å². The van der Waals surface area contributed by atoms with Crippen LogP contribution in [0.5, 0.6) is 5.75 Å². The Morgan fingerprint density at radius 3 is 2.13 bits per heavy atom. The first-order valence-electron chi connectivity index (χ1n) is 13.2. The van der Waals surface area contributed by atoms with Gasteiger partial charge in [0.05, 0.1) is 6.61 Å². The zero-order chi connectivity index (χ0) is 25.8. The van der Waals surface area contributed by atoms with Crippen LogP contribution in [0.15, 0.2) is 66.7 Å². The van der Waals surface area contributed by atoms with Gasteiger partial charge in [0, 0.05) is 29.6 Å². The minimum atomic E-state index is -0.280. The monoisotopic (exact) mass is 561 g/mol. The van der Waals surface area contributed by atoms with Gasteiger partial charge in [0.15, 0.2) is 0 Å². The topological polar surface area (TPSA) is 21.7 Å². The van der Waals surface area contributed by atoms with Gasteiger partial charge < -0.3 is 14.4 Å². The summed E-state index contributed by atoms with van der Waals surface area (Å²) in [6, 6.07) is 19.1. The van der Waals surface area contributed by atoms with Gasteiger partial charge in [-0.3, -0.25) is 0 Å². The molecule has 1 unspecified atom stereocenters. The van der Waals surface area contributed by atoms with Crippen LogP contribution in [0, 0.1) is 11.6 Å². The second-order valence-corrected chi connectivity index (χ2v) is 10.8. The normalized spacial score (nSPS) is 18.9. The van der Waals surface area contributed by atoms with Crippen LogP contribution >= 0.6 is 24.0 Å². The van der Waals surface area contributed by atoms with Crippen molar-refractivity contribution in [2.24, 2.45) is 0 Å². The van der Waals surface area contributed by atoms with E-state index >= 15 is 0 Å². The zero-order valence-corrected chi connectivity index (χ0v) is 23.2. The van der Waals surface area contributed by atoms with Gasteiger partial charge in [-0.05, 0) is 92.7 Å². The number of nitrogens with zero attached hydrogens (tertiary/aromatic N) is 1. The van der Waals surface area contributed by atoms with Gasteiger partial charge in [0.25, 0.3) is 0 Å². The largest absolute Gasteiger partial charge is 0.487 e. The Morgan fingerprint density at radius 2 is 1.53 bits per heavy atom. The highest BCUT2D eigenvalue weighted by Gasteiger charge is 2.43. The minimum Gasteiger partial charge on any atom is -0.487 e. The lowest BCUT2D eigenvalue weighted by molar-refractivity contribution is -0.136. The second-order valence-electron chi connectivity index (χ2n) is 10.4. The fourth-order valence-electron chi connectivity index (χ4n) is 5.72. The summed E-state index contributed by atoms with van der Waals surface area (Å²) in [6.45, 7) is 5.62. The van der Waals surface area contributed by atoms with Gasteiger partial charge in [-0.2, -0.15) is 0 Å². The maximum Gasteiger partial charge on any atom is 0.125 e. The summed E-state index contributed by atoms with van der Waals surface area (Å²) in [4.78, 5) is 2.51. The Balaban J connectivity index is 0.00000336. The summed E-state index contributed by atoms with van der Waals surface area (Å²) < 4.78 is 39.8. The van der Waals surface area contributed by atoms with Crippen LogP contribution in [0.2, 0.25) is 5.02 Å². The second kappa shape index (κ2) is 12.8. The van der Waals surface area contributed by atoms with E-state index in [0.717, 1.165) is 74.2 Å². The molecule has 3 aromatic rings. The molecule has 2 aliphatic rings. The highest BCUT2D eigenvalue weighted by molar-refractivity contribution is 6.30. The first-order chi connectivity index (χ1) is 17.9. The van der Waals surface area contributed by atoms with Crippen molar-refractivity contribution in [2.75, 3.05) is 19.6 Å². The van der Waals surface area contributed by atoms with E-state index in [1.54, 1.807) is 0 Å². The number of piperidine rings is 1. The molecule has 1 atom stereocenters. The fraction of sp³-hybridized carbons (Fsp3) is 0.419. The number of halogens is 4. The van der Waals surface area contributed by atoms with Crippen molar-refractivity contribution in [1.29, 1.82) is 0 Å². The highest BCUT2D eigenvalue weighted by atomic mass is 35.5. The Bertz CT molecular complexity index is 1140. The Labute approximate surface area is 235 Å². The molecule has 1 spiro atoms. The molecule has 0 aliphatic carbocycles. The predicted molar refractivity (Wildman–Crippen MR) is 150 cm³/mol. The van der Waals surface area contributed by atoms with Crippen LogP contribution < -0.4 is 4.74 Å². The molecule has 0 saturated carbocycles. The van der Waals surface area contributed by atoms with Crippen LogP contribution in [0.4, 0.5) is 8.78 Å². The fourth-order valence-corrected chi connectivity index (χ4v) is 5.91. The maximum absolute atomic E-state index is 13.5. The molecule has 0 aromatic heterocycles. The van der Waals surface area contributed by atoms with Crippen LogP contribution in [-0.2, 0) is 11.3 Å². The van der Waals surface area contributed by atoms with Crippen molar-refractivity contribution in [3.63, 3.8) is 0 Å². The molecule has 38 heavy (non-hydrogen) atoms. The first-order valence-corrected chi connectivity index (χ1v) is 13.6. The molecular formula is C31H35Cl2F2NO2. The number of benzene rings is 3. The lowest BCUT2D eigenvalue weighted by atomic mass is 9.85. The number of hydrogen-bond donors (Lipinski definition) is 0. The molecule has 3 aromatic carbocycles. The smallest absolute Gasteiger partial charge is 0.125 e. The predicted octanol–water partition coefficient (Wildman–Crippen LogP) is 8.17. The molecule has 0 bridgehead atoms. The maximum atomic E-state index is 13.5. The SMILES string of the molecule is CC1Oc2ccc(Cl)cc2COC12CCN(CCCCC(c1ccc(F)cc1)c1ccc(F)cc1)CC2.Cl. The zero-order valence-electron chi connectivity index (χ0n) is 21.7. The van der Waals surface area contributed by atoms with Crippen molar-refractivity contribution >= 4 is 24.0 Å². The van der Waals surface area contributed by atoms with E-state index in [0.29, 0.717) is 11.6 Å². The first kappa shape index (κ1) is 28.8. The quantitative estimate of drug-likeness (QED) is 0.271. The van der Waals surface area contributed by atoms with Crippen molar-refractivity contribution in [3.05, 3.63) is 100 Å². The third-order valence-electron chi connectivity index (χ3n) is 8.05. The molecule has 0 amide bonds. The van der Waals surface area contributed by atoms with Crippen LogP contribution in [0.1, 0.15) is 61.6 Å². The summed E-state index contributed by atoms with van der Waals surface area (Å²) in [5.41, 5.74) is 2.86. The van der Waals surface area contributed by atoms with E-state index in [9.17, 15) is 8.78 Å². The van der Waals surface area contributed by atoms with Gasteiger partial charge in [0.1, 0.15) is 29.1 Å². The van der Waals surface area contributed by atoms with E-state index in [4.69, 9.17) is 21.1 Å². The van der Waals surface area contributed by atoms with Crippen LogP contribution in [0.25, 0.3) is 0 Å². The number of unbranched alkanes of at least 4 members (excludes halogenated alkanes) is 1. The van der Waals surface area contributed by atoms with Gasteiger partial charge >= 0.3 is 0 Å². The Morgan fingerprint density at radius 1 is 0.921 bits per heavy atom. The number of fused-ring (bicyclic) bond motifs is 1. The number of rotatable bonds is 7. The number of likely N-dealkylation sites (tertiary alicyclic amines) is 1. The van der Waals surface area contributed by atoms with E-state index < -0.39 is 0 Å². The lowest BCUT2D eigenvalue weighted by Crippen LogP contribution is -2.53. The molecule has 0 N–H and O–H groups in total. The highest BCUT2D eigenvalue weighted by Crippen LogP contribution is 2.39. The standard InChI is InChI=1S/C31H34ClF2NO2.ClH/c1-22-31(36-21-25-20-26(32)9-14-30(25)37-22)15-18-35(19-16-31)17-3-2-4-29(23-5-10-27(33)11-6-23)24-7-12-28(34)13-8-24;/h5-14,20,22,29H,2-4,15-19,21H2,1H3;1H. The molecular weight excluding hydrogens is 527 g/mol. The van der Waals surface area contributed by atoms with Crippen molar-refractivity contribution in [3.8, 4) is 5.75 Å². The van der Waals surface area contributed by atoms with Crippen LogP contribution in [0.3, 0.4) is 0 Å². The molecule has 7 heteroatoms. The van der Waals surface area contributed by atoms with Crippen LogP contribution in [-0.4, -0.2) is 36.2 Å². The molecule has 1 fully saturated rings. The van der Waals surface area contributed by atoms with Gasteiger partial charge in [-0.25, -0.2) is 8.78 Å². The molecule has 204 valence electrons. The average Bonchev–Trinajstić information content (AvgIpc) is 3.03. The van der Waals surface area contributed by atoms with Gasteiger partial charge in [-0.1, -0.05) is 42.3 Å². The molecule has 5 rings (SSSR count). The van der Waals surface area contributed by atoms with Crippen molar-refractivity contribution in [2.45, 2.75) is 63.3 Å². The lowest BCUT2D eigenvalue weighted by Gasteiger charge is -2.43. The Kier molecular flexibility index (Phi) is 9.69. The summed E-state index contributed by atoms with van der Waals surface area (Å²) in [5, 5.41) is 0.700.